The number of rotatable bonds is 5. The molecule has 0 bridgehead atoms. The molecule has 1 aliphatic heterocycles. The van der Waals surface area contributed by atoms with Crippen LogP contribution in [-0.2, 0) is 6.42 Å². The highest BCUT2D eigenvalue weighted by Crippen LogP contribution is 2.36. The Balaban J connectivity index is 1.54. The molecule has 1 atom stereocenters. The van der Waals surface area contributed by atoms with Crippen molar-refractivity contribution in [3.05, 3.63) is 86.5 Å². The van der Waals surface area contributed by atoms with Gasteiger partial charge in [-0.05, 0) is 53.8 Å². The number of hydrogen-bond donors (Lipinski definition) is 1. The van der Waals surface area contributed by atoms with Crippen LogP contribution in [0.25, 0.3) is 0 Å². The first-order valence-corrected chi connectivity index (χ1v) is 10.3. The largest absolute Gasteiger partial charge is 0.361 e. The van der Waals surface area contributed by atoms with E-state index in [0.717, 1.165) is 17.4 Å². The van der Waals surface area contributed by atoms with Crippen LogP contribution in [0.5, 0.6) is 0 Å². The van der Waals surface area contributed by atoms with Gasteiger partial charge < -0.3 is 10.2 Å². The number of hydrogen-bond acceptors (Lipinski definition) is 3. The number of para-hydroxylation sites is 1. The first-order chi connectivity index (χ1) is 12.7. The number of amides is 1. The summed E-state index contributed by atoms with van der Waals surface area (Å²) in [5.74, 6) is -0.0356. The maximum atomic E-state index is 12.5. The van der Waals surface area contributed by atoms with Gasteiger partial charge in [-0.1, -0.05) is 40.2 Å². The molecule has 1 aliphatic rings. The highest BCUT2D eigenvalue weighted by atomic mass is 79.9. The summed E-state index contributed by atoms with van der Waals surface area (Å²) in [5, 5.41) is 5.22. The first kappa shape index (κ1) is 17.3. The number of thiophene rings is 1. The fourth-order valence-electron chi connectivity index (χ4n) is 3.43. The fraction of sp³-hybridized carbons (Fsp3) is 0.190. The van der Waals surface area contributed by atoms with Crippen molar-refractivity contribution in [2.75, 3.05) is 18.0 Å². The molecule has 0 saturated heterocycles. The van der Waals surface area contributed by atoms with Crippen LogP contribution in [0, 0.1) is 0 Å². The van der Waals surface area contributed by atoms with Gasteiger partial charge in [0.15, 0.2) is 0 Å². The molecule has 5 heteroatoms. The van der Waals surface area contributed by atoms with E-state index in [1.165, 1.54) is 16.1 Å². The molecule has 3 aromatic rings. The van der Waals surface area contributed by atoms with Crippen molar-refractivity contribution in [1.29, 1.82) is 0 Å². The molecule has 4 rings (SSSR count). The number of nitrogens with one attached hydrogen (secondary N) is 1. The van der Waals surface area contributed by atoms with Crippen molar-refractivity contribution in [3.63, 3.8) is 0 Å². The Kier molecular flexibility index (Phi) is 5.09. The topological polar surface area (TPSA) is 32.3 Å². The van der Waals surface area contributed by atoms with Crippen LogP contribution in [0.1, 0.15) is 26.8 Å². The highest BCUT2D eigenvalue weighted by molar-refractivity contribution is 9.10. The number of fused-ring (bicyclic) bond motifs is 1. The molecule has 1 N–H and O–H groups in total. The van der Waals surface area contributed by atoms with Gasteiger partial charge in [-0.2, -0.15) is 0 Å². The zero-order chi connectivity index (χ0) is 17.9. The SMILES string of the molecule is O=C(NC[C@H](c1cccs1)N1CCc2ccccc21)c1ccc(Br)cc1. The summed E-state index contributed by atoms with van der Waals surface area (Å²) in [6.07, 6.45) is 1.05. The van der Waals surface area contributed by atoms with Crippen molar-refractivity contribution in [1.82, 2.24) is 5.32 Å². The van der Waals surface area contributed by atoms with E-state index in [-0.39, 0.29) is 11.9 Å². The molecule has 0 unspecified atom stereocenters. The average Bonchev–Trinajstić information content (AvgIpc) is 3.33. The lowest BCUT2D eigenvalue weighted by atomic mass is 10.1. The Labute approximate surface area is 165 Å². The monoisotopic (exact) mass is 426 g/mol. The second kappa shape index (κ2) is 7.64. The number of halogens is 1. The summed E-state index contributed by atoms with van der Waals surface area (Å²) < 4.78 is 0.971. The van der Waals surface area contributed by atoms with E-state index in [2.05, 4.69) is 67.9 Å². The third kappa shape index (κ3) is 3.55. The summed E-state index contributed by atoms with van der Waals surface area (Å²) in [4.78, 5) is 16.2. The lowest BCUT2D eigenvalue weighted by Gasteiger charge is -2.30. The minimum Gasteiger partial charge on any atom is -0.361 e. The molecule has 0 fully saturated rings. The van der Waals surface area contributed by atoms with Gasteiger partial charge in [0.25, 0.3) is 5.91 Å². The summed E-state index contributed by atoms with van der Waals surface area (Å²) in [5.41, 5.74) is 3.34. The average molecular weight is 427 g/mol. The van der Waals surface area contributed by atoms with Gasteiger partial charge in [-0.15, -0.1) is 11.3 Å². The third-order valence-electron chi connectivity index (χ3n) is 4.73. The van der Waals surface area contributed by atoms with Crippen molar-refractivity contribution in [3.8, 4) is 0 Å². The van der Waals surface area contributed by atoms with Gasteiger partial charge in [0.1, 0.15) is 0 Å². The van der Waals surface area contributed by atoms with E-state index in [4.69, 9.17) is 0 Å². The second-order valence-corrected chi connectivity index (χ2v) is 8.22. The number of carbonyl (C=O) groups is 1. The maximum absolute atomic E-state index is 12.5. The fourth-order valence-corrected chi connectivity index (χ4v) is 4.53. The summed E-state index contributed by atoms with van der Waals surface area (Å²) in [6.45, 7) is 1.57. The van der Waals surface area contributed by atoms with Gasteiger partial charge in [0.2, 0.25) is 0 Å². The molecule has 3 nitrogen and oxygen atoms in total. The van der Waals surface area contributed by atoms with Crippen LogP contribution in [0.4, 0.5) is 5.69 Å². The number of anilines is 1. The van der Waals surface area contributed by atoms with E-state index >= 15 is 0 Å². The van der Waals surface area contributed by atoms with E-state index in [0.29, 0.717) is 12.1 Å². The molecule has 0 spiro atoms. The lowest BCUT2D eigenvalue weighted by molar-refractivity contribution is 0.0951. The minimum absolute atomic E-state index is 0.0356. The Bertz CT molecular complexity index is 893. The Morgan fingerprint density at radius 2 is 1.92 bits per heavy atom. The van der Waals surface area contributed by atoms with Crippen molar-refractivity contribution in [2.45, 2.75) is 12.5 Å². The zero-order valence-electron chi connectivity index (χ0n) is 14.2. The van der Waals surface area contributed by atoms with Crippen LogP contribution in [0.3, 0.4) is 0 Å². The van der Waals surface area contributed by atoms with E-state index in [9.17, 15) is 4.79 Å². The standard InChI is InChI=1S/C21H19BrN2OS/c22-17-9-7-16(8-10-17)21(25)23-14-19(20-6-3-13-26-20)24-12-11-15-4-1-2-5-18(15)24/h1-10,13,19H,11-12,14H2,(H,23,25)/t19-/m1/s1. The summed E-state index contributed by atoms with van der Waals surface area (Å²) >= 11 is 5.15. The lowest BCUT2D eigenvalue weighted by Crippen LogP contribution is -2.37. The van der Waals surface area contributed by atoms with Crippen LogP contribution in [0.2, 0.25) is 0 Å². The van der Waals surface area contributed by atoms with Gasteiger partial charge in [-0.3, -0.25) is 4.79 Å². The molecule has 1 amide bonds. The molecular weight excluding hydrogens is 408 g/mol. The molecule has 26 heavy (non-hydrogen) atoms. The van der Waals surface area contributed by atoms with Crippen LogP contribution in [0.15, 0.2) is 70.5 Å². The zero-order valence-corrected chi connectivity index (χ0v) is 16.6. The minimum atomic E-state index is -0.0356. The molecule has 132 valence electrons. The Morgan fingerprint density at radius 1 is 1.12 bits per heavy atom. The number of nitrogens with zero attached hydrogens (tertiary/aromatic N) is 1. The molecule has 1 aromatic heterocycles. The van der Waals surface area contributed by atoms with E-state index < -0.39 is 0 Å². The summed E-state index contributed by atoms with van der Waals surface area (Å²) in [7, 11) is 0. The predicted molar refractivity (Wildman–Crippen MR) is 111 cm³/mol. The van der Waals surface area contributed by atoms with Crippen molar-refractivity contribution < 1.29 is 4.79 Å². The van der Waals surface area contributed by atoms with E-state index in [1.807, 2.05) is 24.3 Å². The predicted octanol–water partition coefficient (Wildman–Crippen LogP) is 5.04. The van der Waals surface area contributed by atoms with Gasteiger partial charge in [-0.25, -0.2) is 0 Å². The van der Waals surface area contributed by atoms with Crippen LogP contribution < -0.4 is 10.2 Å². The second-order valence-electron chi connectivity index (χ2n) is 6.32. The van der Waals surface area contributed by atoms with E-state index in [1.54, 1.807) is 11.3 Å². The number of carbonyl (C=O) groups excluding carboxylic acids is 1. The van der Waals surface area contributed by atoms with Crippen LogP contribution in [-0.4, -0.2) is 19.0 Å². The number of benzene rings is 2. The molecule has 0 radical (unpaired) electrons. The smallest absolute Gasteiger partial charge is 0.251 e. The normalized spacial score (nSPS) is 14.1. The summed E-state index contributed by atoms with van der Waals surface area (Å²) in [6, 6.07) is 20.4. The molecule has 0 saturated carbocycles. The maximum Gasteiger partial charge on any atom is 0.251 e. The Hall–Kier alpha value is -2.11. The Morgan fingerprint density at radius 3 is 2.69 bits per heavy atom. The highest BCUT2D eigenvalue weighted by Gasteiger charge is 2.28. The van der Waals surface area contributed by atoms with Gasteiger partial charge in [0, 0.05) is 33.7 Å². The first-order valence-electron chi connectivity index (χ1n) is 8.64. The van der Waals surface area contributed by atoms with Crippen molar-refractivity contribution >= 4 is 38.9 Å². The molecular formula is C21H19BrN2OS. The molecule has 2 heterocycles. The van der Waals surface area contributed by atoms with Crippen LogP contribution >= 0.6 is 27.3 Å². The molecule has 2 aromatic carbocycles. The quantitative estimate of drug-likeness (QED) is 0.619. The van der Waals surface area contributed by atoms with Gasteiger partial charge in [0.05, 0.1) is 6.04 Å². The molecule has 0 aliphatic carbocycles. The third-order valence-corrected chi connectivity index (χ3v) is 6.24. The van der Waals surface area contributed by atoms with Crippen molar-refractivity contribution in [2.24, 2.45) is 0 Å². The van der Waals surface area contributed by atoms with Gasteiger partial charge >= 0.3 is 0 Å².